The highest BCUT2D eigenvalue weighted by Crippen LogP contribution is 2.29. The summed E-state index contributed by atoms with van der Waals surface area (Å²) in [5.41, 5.74) is 0.865. The molecule has 0 amide bonds. The van der Waals surface area contributed by atoms with E-state index in [1.165, 1.54) is 0 Å². The molecular formula is C18H22ClN3O3. The van der Waals surface area contributed by atoms with E-state index in [2.05, 4.69) is 22.0 Å². The normalized spacial score (nSPS) is 19.7. The van der Waals surface area contributed by atoms with E-state index in [1.54, 1.807) is 12.1 Å². The molecule has 0 saturated carbocycles. The number of hydrogen-bond acceptors (Lipinski definition) is 5. The Morgan fingerprint density at radius 3 is 2.92 bits per heavy atom. The van der Waals surface area contributed by atoms with Crippen molar-refractivity contribution < 1.29 is 14.4 Å². The number of piperidine rings is 1. The number of carbonyl (C=O) groups is 1. The zero-order chi connectivity index (χ0) is 17.8. The van der Waals surface area contributed by atoms with Gasteiger partial charge in [-0.05, 0) is 62.9 Å². The Labute approximate surface area is 151 Å². The Hall–Kier alpha value is -1.92. The van der Waals surface area contributed by atoms with Crippen LogP contribution in [0.2, 0.25) is 5.02 Å². The van der Waals surface area contributed by atoms with Gasteiger partial charge in [0, 0.05) is 23.6 Å². The number of aromatic nitrogens is 2. The van der Waals surface area contributed by atoms with E-state index in [4.69, 9.17) is 21.2 Å². The monoisotopic (exact) mass is 363 g/mol. The van der Waals surface area contributed by atoms with E-state index < -0.39 is 5.97 Å². The maximum atomic E-state index is 10.8. The number of carboxylic acids is 1. The first-order chi connectivity index (χ1) is 12.0. The van der Waals surface area contributed by atoms with Gasteiger partial charge in [0.25, 0.3) is 0 Å². The number of benzene rings is 1. The predicted molar refractivity (Wildman–Crippen MR) is 94.3 cm³/mol. The molecule has 1 fully saturated rings. The lowest BCUT2D eigenvalue weighted by Gasteiger charge is -2.35. The molecule has 0 radical (unpaired) electrons. The number of carboxylic acid groups (broad SMARTS) is 1. The number of halogens is 1. The number of rotatable bonds is 6. The largest absolute Gasteiger partial charge is 0.481 e. The molecule has 25 heavy (non-hydrogen) atoms. The van der Waals surface area contributed by atoms with Crippen LogP contribution >= 0.6 is 11.6 Å². The molecule has 2 aromatic rings. The zero-order valence-electron chi connectivity index (χ0n) is 14.2. The first-order valence-corrected chi connectivity index (χ1v) is 8.96. The maximum absolute atomic E-state index is 10.8. The molecule has 134 valence electrons. The van der Waals surface area contributed by atoms with Crippen LogP contribution < -0.4 is 0 Å². The van der Waals surface area contributed by atoms with Crippen LogP contribution in [-0.4, -0.2) is 39.2 Å². The first kappa shape index (κ1) is 17.9. The van der Waals surface area contributed by atoms with Gasteiger partial charge >= 0.3 is 5.97 Å². The molecule has 1 saturated heterocycles. The highest BCUT2D eigenvalue weighted by molar-refractivity contribution is 6.30. The van der Waals surface area contributed by atoms with E-state index in [1.807, 2.05) is 12.1 Å². The van der Waals surface area contributed by atoms with Crippen molar-refractivity contribution in [3.05, 3.63) is 35.2 Å². The second-order valence-electron chi connectivity index (χ2n) is 6.57. The fraction of sp³-hybridized carbons (Fsp3) is 0.500. The lowest BCUT2D eigenvalue weighted by molar-refractivity contribution is -0.137. The van der Waals surface area contributed by atoms with Gasteiger partial charge in [-0.25, -0.2) is 0 Å². The van der Waals surface area contributed by atoms with Gasteiger partial charge in [0.2, 0.25) is 11.7 Å². The molecule has 2 unspecified atom stereocenters. The van der Waals surface area contributed by atoms with Crippen molar-refractivity contribution in [2.45, 2.75) is 38.6 Å². The Bertz CT molecular complexity index is 717. The zero-order valence-corrected chi connectivity index (χ0v) is 14.9. The molecule has 0 spiro atoms. The fourth-order valence-corrected chi connectivity index (χ4v) is 3.42. The Balaban J connectivity index is 1.65. The van der Waals surface area contributed by atoms with E-state index in [9.17, 15) is 4.79 Å². The summed E-state index contributed by atoms with van der Waals surface area (Å²) in [5, 5.41) is 13.6. The van der Waals surface area contributed by atoms with Gasteiger partial charge in [-0.1, -0.05) is 16.8 Å². The van der Waals surface area contributed by atoms with Crippen LogP contribution in [0, 0.1) is 5.92 Å². The van der Waals surface area contributed by atoms with Crippen molar-refractivity contribution in [3.63, 3.8) is 0 Å². The molecule has 1 aromatic carbocycles. The summed E-state index contributed by atoms with van der Waals surface area (Å²) in [6.07, 6.45) is 3.09. The van der Waals surface area contributed by atoms with Gasteiger partial charge in [0.1, 0.15) is 0 Å². The van der Waals surface area contributed by atoms with Gasteiger partial charge in [0.15, 0.2) is 0 Å². The molecule has 0 aliphatic carbocycles. The van der Waals surface area contributed by atoms with Crippen molar-refractivity contribution in [1.82, 2.24) is 15.0 Å². The quantitative estimate of drug-likeness (QED) is 0.834. The maximum Gasteiger partial charge on any atom is 0.303 e. The summed E-state index contributed by atoms with van der Waals surface area (Å²) in [5.74, 6) is 0.822. The number of nitrogens with zero attached hydrogens (tertiary/aromatic N) is 3. The van der Waals surface area contributed by atoms with Crippen molar-refractivity contribution in [2.24, 2.45) is 5.92 Å². The third-order valence-electron chi connectivity index (χ3n) is 4.77. The Morgan fingerprint density at radius 1 is 1.44 bits per heavy atom. The molecule has 1 aromatic heterocycles. The Kier molecular flexibility index (Phi) is 5.71. The van der Waals surface area contributed by atoms with Crippen molar-refractivity contribution in [2.75, 3.05) is 13.1 Å². The van der Waals surface area contributed by atoms with Crippen LogP contribution in [0.3, 0.4) is 0 Å². The molecule has 2 heterocycles. The lowest BCUT2D eigenvalue weighted by Crippen LogP contribution is -2.37. The van der Waals surface area contributed by atoms with E-state index in [-0.39, 0.29) is 12.5 Å². The topological polar surface area (TPSA) is 79.5 Å². The lowest BCUT2D eigenvalue weighted by atomic mass is 9.92. The second kappa shape index (κ2) is 7.97. The van der Waals surface area contributed by atoms with E-state index in [0.717, 1.165) is 37.9 Å². The van der Waals surface area contributed by atoms with Gasteiger partial charge in [-0.3, -0.25) is 9.69 Å². The molecular weight excluding hydrogens is 342 g/mol. The van der Waals surface area contributed by atoms with Crippen LogP contribution in [0.4, 0.5) is 0 Å². The molecule has 7 heteroatoms. The second-order valence-corrected chi connectivity index (χ2v) is 7.01. The molecule has 3 rings (SSSR count). The van der Waals surface area contributed by atoms with E-state index >= 15 is 0 Å². The third kappa shape index (κ3) is 4.58. The predicted octanol–water partition coefficient (Wildman–Crippen LogP) is 4.03. The molecule has 1 N–H and O–H groups in total. The average Bonchev–Trinajstić information content (AvgIpc) is 3.10. The van der Waals surface area contributed by atoms with Crippen molar-refractivity contribution in [3.8, 4) is 11.4 Å². The molecule has 0 bridgehead atoms. The molecule has 1 aliphatic heterocycles. The average molecular weight is 364 g/mol. The van der Waals surface area contributed by atoms with Crippen molar-refractivity contribution in [1.29, 1.82) is 0 Å². The van der Waals surface area contributed by atoms with Gasteiger partial charge in [0.05, 0.1) is 6.04 Å². The first-order valence-electron chi connectivity index (χ1n) is 8.58. The third-order valence-corrected chi connectivity index (χ3v) is 5.02. The minimum Gasteiger partial charge on any atom is -0.481 e. The van der Waals surface area contributed by atoms with Crippen LogP contribution in [0.25, 0.3) is 11.4 Å². The fourth-order valence-electron chi connectivity index (χ4n) is 3.29. The number of hydrogen-bond donors (Lipinski definition) is 1. The summed E-state index contributed by atoms with van der Waals surface area (Å²) in [6.45, 7) is 3.88. The van der Waals surface area contributed by atoms with Crippen LogP contribution in [-0.2, 0) is 4.79 Å². The number of aliphatic carboxylic acids is 1. The summed E-state index contributed by atoms with van der Waals surface area (Å²) in [7, 11) is 0. The van der Waals surface area contributed by atoms with Gasteiger partial charge < -0.3 is 9.63 Å². The minimum atomic E-state index is -0.727. The van der Waals surface area contributed by atoms with Crippen LogP contribution in [0.1, 0.15) is 44.5 Å². The molecule has 2 atom stereocenters. The minimum absolute atomic E-state index is 0.0150. The summed E-state index contributed by atoms with van der Waals surface area (Å²) in [6, 6.07) is 7.35. The van der Waals surface area contributed by atoms with Crippen molar-refractivity contribution >= 4 is 17.6 Å². The van der Waals surface area contributed by atoms with Gasteiger partial charge in [-0.2, -0.15) is 4.98 Å². The molecule has 1 aliphatic rings. The Morgan fingerprint density at radius 2 is 2.20 bits per heavy atom. The summed E-state index contributed by atoms with van der Waals surface area (Å²) >= 11 is 5.91. The van der Waals surface area contributed by atoms with E-state index in [0.29, 0.717) is 22.7 Å². The SMILES string of the molecule is CC(c1nc(-c2ccc(Cl)cc2)no1)N1CCCC(CCC(=O)O)C1. The van der Waals surface area contributed by atoms with Gasteiger partial charge in [-0.15, -0.1) is 0 Å². The standard InChI is InChI=1S/C18H22ClN3O3/c1-12(22-10-2-3-13(11-22)4-9-16(23)24)18-20-17(21-25-18)14-5-7-15(19)8-6-14/h5-8,12-13H,2-4,9-11H2,1H3,(H,23,24). The van der Waals surface area contributed by atoms with Crippen LogP contribution in [0.5, 0.6) is 0 Å². The van der Waals surface area contributed by atoms with Crippen LogP contribution in [0.15, 0.2) is 28.8 Å². The highest BCUT2D eigenvalue weighted by atomic mass is 35.5. The smallest absolute Gasteiger partial charge is 0.303 e. The summed E-state index contributed by atoms with van der Waals surface area (Å²) in [4.78, 5) is 17.6. The highest BCUT2D eigenvalue weighted by Gasteiger charge is 2.27. The molecule has 6 nitrogen and oxygen atoms in total. The summed E-state index contributed by atoms with van der Waals surface area (Å²) < 4.78 is 5.47. The number of likely N-dealkylation sites (tertiary alicyclic amines) is 1.